The van der Waals surface area contributed by atoms with E-state index in [9.17, 15) is 4.39 Å². The Morgan fingerprint density at radius 1 is 0.923 bits per heavy atom. The van der Waals surface area contributed by atoms with Crippen LogP contribution in [-0.2, 0) is 0 Å². The fraction of sp³-hybridized carbons (Fsp3) is 0.650. The molecule has 0 radical (unpaired) electrons. The molecule has 1 aromatic carbocycles. The summed E-state index contributed by atoms with van der Waals surface area (Å²) in [6, 6.07) is 7.86. The quantitative estimate of drug-likeness (QED) is 0.664. The first-order valence-electron chi connectivity index (χ1n) is 10.0. The van der Waals surface area contributed by atoms with Crippen LogP contribution in [0.3, 0.4) is 0 Å². The van der Waals surface area contributed by atoms with Crippen LogP contribution in [0.5, 0.6) is 0 Å². The molecule has 4 rings (SSSR count). The van der Waals surface area contributed by atoms with Gasteiger partial charge in [0.25, 0.3) is 0 Å². The Morgan fingerprint density at radius 3 is 2.23 bits per heavy atom. The van der Waals surface area contributed by atoms with Crippen LogP contribution < -0.4 is 10.6 Å². The molecule has 1 aromatic rings. The van der Waals surface area contributed by atoms with Crippen molar-refractivity contribution in [3.05, 3.63) is 30.1 Å². The smallest absolute Gasteiger partial charge is 0.191 e. The van der Waals surface area contributed by atoms with Crippen molar-refractivity contribution in [2.24, 2.45) is 10.7 Å². The first kappa shape index (κ1) is 17.6. The van der Waals surface area contributed by atoms with E-state index >= 15 is 0 Å². The maximum atomic E-state index is 13.1. The minimum absolute atomic E-state index is 0.188. The van der Waals surface area contributed by atoms with E-state index in [4.69, 9.17) is 10.7 Å². The maximum absolute atomic E-state index is 13.1. The van der Waals surface area contributed by atoms with E-state index in [2.05, 4.69) is 14.7 Å². The number of guanidine groups is 1. The highest BCUT2D eigenvalue weighted by Crippen LogP contribution is 2.30. The second-order valence-corrected chi connectivity index (χ2v) is 7.81. The summed E-state index contributed by atoms with van der Waals surface area (Å²) in [5.74, 6) is 0.512. The molecule has 26 heavy (non-hydrogen) atoms. The predicted octanol–water partition coefficient (Wildman–Crippen LogP) is 2.28. The van der Waals surface area contributed by atoms with Crippen molar-refractivity contribution in [1.29, 1.82) is 0 Å². The van der Waals surface area contributed by atoms with Crippen LogP contribution in [-0.4, -0.2) is 67.1 Å². The van der Waals surface area contributed by atoms with Crippen LogP contribution in [0.25, 0.3) is 0 Å². The van der Waals surface area contributed by atoms with Crippen LogP contribution in [0, 0.1) is 5.82 Å². The van der Waals surface area contributed by atoms with Crippen molar-refractivity contribution in [3.8, 4) is 0 Å². The third-order valence-electron chi connectivity index (χ3n) is 6.11. The number of halogens is 1. The van der Waals surface area contributed by atoms with Gasteiger partial charge in [0.05, 0.1) is 6.04 Å². The molecule has 1 aliphatic carbocycles. The summed E-state index contributed by atoms with van der Waals surface area (Å²) in [4.78, 5) is 11.9. The number of aliphatic imine (C=N–C) groups is 1. The van der Waals surface area contributed by atoms with E-state index in [1.807, 2.05) is 12.1 Å². The molecule has 142 valence electrons. The first-order chi connectivity index (χ1) is 12.7. The van der Waals surface area contributed by atoms with Gasteiger partial charge >= 0.3 is 0 Å². The largest absolute Gasteiger partial charge is 0.370 e. The van der Waals surface area contributed by atoms with Crippen LogP contribution in [0.2, 0.25) is 0 Å². The summed E-state index contributed by atoms with van der Waals surface area (Å²) < 4.78 is 13.1. The topological polar surface area (TPSA) is 48.1 Å². The Morgan fingerprint density at radius 2 is 1.58 bits per heavy atom. The third kappa shape index (κ3) is 3.95. The van der Waals surface area contributed by atoms with E-state index < -0.39 is 0 Å². The van der Waals surface area contributed by atoms with Gasteiger partial charge in [-0.15, -0.1) is 0 Å². The van der Waals surface area contributed by atoms with Gasteiger partial charge in [-0.3, -0.25) is 0 Å². The maximum Gasteiger partial charge on any atom is 0.191 e. The molecule has 0 unspecified atom stereocenters. The van der Waals surface area contributed by atoms with Gasteiger partial charge in [-0.25, -0.2) is 9.38 Å². The summed E-state index contributed by atoms with van der Waals surface area (Å²) in [6.45, 7) is 6.06. The zero-order valence-corrected chi connectivity index (χ0v) is 15.5. The SMILES string of the molecule is NC(=NC1CC(N2CCCCC2)C1)N1CCN(c2ccc(F)cc2)CC1. The van der Waals surface area contributed by atoms with Gasteiger partial charge in [0.15, 0.2) is 5.96 Å². The zero-order chi connectivity index (χ0) is 17.9. The molecule has 2 heterocycles. The van der Waals surface area contributed by atoms with E-state index in [1.165, 1.54) is 44.5 Å². The average molecular weight is 359 g/mol. The predicted molar refractivity (Wildman–Crippen MR) is 104 cm³/mol. The minimum atomic E-state index is -0.188. The number of piperidine rings is 1. The summed E-state index contributed by atoms with van der Waals surface area (Å²) >= 11 is 0. The average Bonchev–Trinajstić information content (AvgIpc) is 2.65. The molecule has 2 aliphatic heterocycles. The fourth-order valence-corrected chi connectivity index (χ4v) is 4.36. The number of hydrogen-bond acceptors (Lipinski definition) is 3. The van der Waals surface area contributed by atoms with Crippen molar-refractivity contribution < 1.29 is 4.39 Å². The molecule has 0 bridgehead atoms. The van der Waals surface area contributed by atoms with Gasteiger partial charge < -0.3 is 20.4 Å². The lowest BCUT2D eigenvalue weighted by Crippen LogP contribution is -2.53. The lowest BCUT2D eigenvalue weighted by atomic mass is 9.85. The van der Waals surface area contributed by atoms with Gasteiger partial charge in [0.2, 0.25) is 0 Å². The van der Waals surface area contributed by atoms with Crippen molar-refractivity contribution >= 4 is 11.6 Å². The number of benzene rings is 1. The molecular formula is C20H30FN5. The number of rotatable bonds is 3. The highest BCUT2D eigenvalue weighted by atomic mass is 19.1. The van der Waals surface area contributed by atoms with Crippen LogP contribution in [0.1, 0.15) is 32.1 Å². The van der Waals surface area contributed by atoms with Crippen molar-refractivity contribution in [1.82, 2.24) is 9.80 Å². The molecule has 0 atom stereocenters. The number of nitrogens with two attached hydrogens (primary N) is 1. The lowest BCUT2D eigenvalue weighted by Gasteiger charge is -2.43. The number of likely N-dealkylation sites (tertiary alicyclic amines) is 1. The second kappa shape index (κ2) is 7.82. The van der Waals surface area contributed by atoms with Crippen LogP contribution >= 0.6 is 0 Å². The Labute approximate surface area is 155 Å². The summed E-state index contributed by atoms with van der Waals surface area (Å²) in [7, 11) is 0. The normalized spacial score (nSPS) is 28.1. The molecule has 3 fully saturated rings. The third-order valence-corrected chi connectivity index (χ3v) is 6.11. The summed E-state index contributed by atoms with van der Waals surface area (Å²) in [5, 5.41) is 0. The molecule has 6 heteroatoms. The number of piperazine rings is 1. The molecule has 5 nitrogen and oxygen atoms in total. The van der Waals surface area contributed by atoms with E-state index in [1.54, 1.807) is 0 Å². The Balaban J connectivity index is 1.24. The van der Waals surface area contributed by atoms with Gasteiger partial charge in [0, 0.05) is 37.9 Å². The molecular weight excluding hydrogens is 329 g/mol. The number of nitrogens with zero attached hydrogens (tertiary/aromatic N) is 4. The molecule has 0 aromatic heterocycles. The van der Waals surface area contributed by atoms with Gasteiger partial charge in [-0.05, 0) is 63.0 Å². The number of anilines is 1. The van der Waals surface area contributed by atoms with E-state index in [0.717, 1.165) is 50.7 Å². The van der Waals surface area contributed by atoms with Gasteiger partial charge in [-0.1, -0.05) is 6.42 Å². The molecule has 3 aliphatic rings. The molecule has 0 amide bonds. The molecule has 0 spiro atoms. The fourth-order valence-electron chi connectivity index (χ4n) is 4.36. The summed E-state index contributed by atoms with van der Waals surface area (Å²) in [5.41, 5.74) is 7.35. The first-order valence-corrected chi connectivity index (χ1v) is 10.0. The Bertz CT molecular complexity index is 612. The van der Waals surface area contributed by atoms with E-state index in [-0.39, 0.29) is 5.82 Å². The van der Waals surface area contributed by atoms with Gasteiger partial charge in [-0.2, -0.15) is 0 Å². The zero-order valence-electron chi connectivity index (χ0n) is 15.5. The van der Waals surface area contributed by atoms with Crippen molar-refractivity contribution in [2.45, 2.75) is 44.2 Å². The van der Waals surface area contributed by atoms with Crippen molar-refractivity contribution in [3.63, 3.8) is 0 Å². The van der Waals surface area contributed by atoms with Crippen LogP contribution in [0.15, 0.2) is 29.3 Å². The number of hydrogen-bond donors (Lipinski definition) is 1. The summed E-state index contributed by atoms with van der Waals surface area (Å²) in [6.07, 6.45) is 6.42. The van der Waals surface area contributed by atoms with Crippen LogP contribution in [0.4, 0.5) is 10.1 Å². The highest BCUT2D eigenvalue weighted by molar-refractivity contribution is 5.78. The minimum Gasteiger partial charge on any atom is -0.370 e. The highest BCUT2D eigenvalue weighted by Gasteiger charge is 2.34. The van der Waals surface area contributed by atoms with E-state index in [0.29, 0.717) is 12.0 Å². The molecule has 1 saturated carbocycles. The molecule has 2 saturated heterocycles. The Kier molecular flexibility index (Phi) is 5.29. The standard InChI is InChI=1S/C20H30FN5/c21-16-4-6-18(7-5-16)25-10-12-26(13-11-25)20(22)23-17-14-19(15-17)24-8-2-1-3-9-24/h4-7,17,19H,1-3,8-15H2,(H2,22,23). The second-order valence-electron chi connectivity index (χ2n) is 7.81. The lowest BCUT2D eigenvalue weighted by molar-refractivity contribution is 0.0908. The Hall–Kier alpha value is -1.82. The monoisotopic (exact) mass is 359 g/mol. The van der Waals surface area contributed by atoms with Gasteiger partial charge in [0.1, 0.15) is 5.82 Å². The van der Waals surface area contributed by atoms with Crippen molar-refractivity contribution in [2.75, 3.05) is 44.2 Å². The molecule has 2 N–H and O–H groups in total.